The molecule has 0 aromatic heterocycles. The second-order valence-electron chi connectivity index (χ2n) is 4.64. The molecule has 1 heterocycles. The van der Waals surface area contributed by atoms with Gasteiger partial charge in [0.1, 0.15) is 5.75 Å². The van der Waals surface area contributed by atoms with Crippen LogP contribution >= 0.6 is 27.7 Å². The molecule has 3 rings (SSSR count). The van der Waals surface area contributed by atoms with E-state index in [0.29, 0.717) is 12.2 Å². The zero-order valence-corrected chi connectivity index (χ0v) is 13.1. The van der Waals surface area contributed by atoms with Gasteiger partial charge in [0.05, 0.1) is 0 Å². The number of ketones is 1. The minimum atomic E-state index is -0.353. The van der Waals surface area contributed by atoms with E-state index >= 15 is 0 Å². The number of benzene rings is 2. The fraction of sp³-hybridized carbons (Fsp3) is 0.188. The van der Waals surface area contributed by atoms with Crippen LogP contribution in [0.25, 0.3) is 0 Å². The molecule has 0 spiro atoms. The summed E-state index contributed by atoms with van der Waals surface area (Å²) in [5.41, 5.74) is 1.01. The summed E-state index contributed by atoms with van der Waals surface area (Å²) in [5.74, 6) is 1.63. The Morgan fingerprint density at radius 2 is 2.10 bits per heavy atom. The Labute approximate surface area is 130 Å². The Bertz CT molecular complexity index is 642. The molecule has 1 aliphatic rings. The maximum Gasteiger partial charge on any atom is 0.178 e. The van der Waals surface area contributed by atoms with Gasteiger partial charge in [0.25, 0.3) is 0 Å². The summed E-state index contributed by atoms with van der Waals surface area (Å²) in [7, 11) is 0. The summed E-state index contributed by atoms with van der Waals surface area (Å²) >= 11 is 5.11. The van der Waals surface area contributed by atoms with Crippen LogP contribution in [0, 0.1) is 0 Å². The average molecular weight is 349 g/mol. The van der Waals surface area contributed by atoms with Crippen molar-refractivity contribution in [3.63, 3.8) is 0 Å². The number of carbonyl (C=O) groups excluding carboxylic acids is 1. The van der Waals surface area contributed by atoms with E-state index in [2.05, 4.69) is 15.9 Å². The zero-order valence-electron chi connectivity index (χ0n) is 10.7. The molecule has 2 aromatic carbocycles. The van der Waals surface area contributed by atoms with Crippen molar-refractivity contribution in [2.24, 2.45) is 0 Å². The molecule has 0 saturated carbocycles. The molecule has 1 atom stereocenters. The van der Waals surface area contributed by atoms with Crippen LogP contribution in [0.5, 0.6) is 5.75 Å². The second kappa shape index (κ2) is 6.02. The molecule has 0 fully saturated rings. The summed E-state index contributed by atoms with van der Waals surface area (Å²) in [6.07, 6.45) is 0.0567. The minimum Gasteiger partial charge on any atom is -0.481 e. The van der Waals surface area contributed by atoms with Crippen LogP contribution in [-0.2, 0) is 11.2 Å². The number of thioether (sulfide) groups is 1. The summed E-state index contributed by atoms with van der Waals surface area (Å²) < 4.78 is 6.81. The molecule has 1 unspecified atom stereocenters. The first-order valence-corrected chi connectivity index (χ1v) is 8.16. The predicted octanol–water partition coefficient (Wildman–Crippen LogP) is 4.11. The van der Waals surface area contributed by atoms with Crippen LogP contribution in [0.15, 0.2) is 57.9 Å². The highest BCUT2D eigenvalue weighted by molar-refractivity contribution is 9.10. The summed E-state index contributed by atoms with van der Waals surface area (Å²) in [6.45, 7) is 0. The summed E-state index contributed by atoms with van der Waals surface area (Å²) in [5, 5.41) is 0. The fourth-order valence-corrected chi connectivity index (χ4v) is 3.60. The number of hydrogen-bond donors (Lipinski definition) is 0. The van der Waals surface area contributed by atoms with E-state index in [4.69, 9.17) is 4.74 Å². The molecule has 2 aromatic rings. The quantitative estimate of drug-likeness (QED) is 0.834. The maximum atomic E-state index is 12.3. The van der Waals surface area contributed by atoms with Gasteiger partial charge in [-0.2, -0.15) is 0 Å². The first-order valence-electron chi connectivity index (χ1n) is 6.38. The molecular formula is C16H13BrO2S. The van der Waals surface area contributed by atoms with Crippen LogP contribution in [-0.4, -0.2) is 17.6 Å². The van der Waals surface area contributed by atoms with Gasteiger partial charge in [-0.25, -0.2) is 0 Å². The molecule has 102 valence electrons. The normalized spacial score (nSPS) is 17.1. The van der Waals surface area contributed by atoms with E-state index in [1.807, 2.05) is 48.5 Å². The smallest absolute Gasteiger partial charge is 0.178 e. The largest absolute Gasteiger partial charge is 0.481 e. The number of Topliss-reactive ketones (excluding diaryl/α,β-unsaturated/α-hetero) is 1. The molecule has 1 aliphatic heterocycles. The van der Waals surface area contributed by atoms with Gasteiger partial charge in [-0.05, 0) is 29.8 Å². The summed E-state index contributed by atoms with van der Waals surface area (Å²) in [6, 6.07) is 15.7. The SMILES string of the molecule is O=C(Cc1cccc(Br)c1)C1CSc2ccccc2O1. The van der Waals surface area contributed by atoms with Crippen molar-refractivity contribution in [1.82, 2.24) is 0 Å². The summed E-state index contributed by atoms with van der Waals surface area (Å²) in [4.78, 5) is 13.4. The van der Waals surface area contributed by atoms with Gasteiger partial charge < -0.3 is 4.74 Å². The first-order chi connectivity index (χ1) is 9.72. The van der Waals surface area contributed by atoms with Gasteiger partial charge in [-0.1, -0.05) is 40.2 Å². The van der Waals surface area contributed by atoms with Gasteiger partial charge in [-0.15, -0.1) is 11.8 Å². The Kier molecular flexibility index (Phi) is 4.13. The maximum absolute atomic E-state index is 12.3. The molecule has 0 bridgehead atoms. The predicted molar refractivity (Wildman–Crippen MR) is 84.4 cm³/mol. The monoisotopic (exact) mass is 348 g/mol. The number of ether oxygens (including phenoxy) is 1. The Hall–Kier alpha value is -1.26. The van der Waals surface area contributed by atoms with E-state index in [1.165, 1.54) is 0 Å². The van der Waals surface area contributed by atoms with Crippen molar-refractivity contribution in [1.29, 1.82) is 0 Å². The third kappa shape index (κ3) is 3.07. The van der Waals surface area contributed by atoms with Crippen molar-refractivity contribution in [3.8, 4) is 5.75 Å². The van der Waals surface area contributed by atoms with Crippen molar-refractivity contribution >= 4 is 33.5 Å². The van der Waals surface area contributed by atoms with Crippen LogP contribution in [0.4, 0.5) is 0 Å². The van der Waals surface area contributed by atoms with E-state index in [-0.39, 0.29) is 11.9 Å². The highest BCUT2D eigenvalue weighted by Gasteiger charge is 2.26. The Morgan fingerprint density at radius 1 is 1.25 bits per heavy atom. The fourth-order valence-electron chi connectivity index (χ4n) is 2.14. The number of para-hydroxylation sites is 1. The highest BCUT2D eigenvalue weighted by Crippen LogP contribution is 2.35. The van der Waals surface area contributed by atoms with Crippen LogP contribution in [0.2, 0.25) is 0 Å². The molecule has 2 nitrogen and oxygen atoms in total. The van der Waals surface area contributed by atoms with E-state index in [0.717, 1.165) is 20.7 Å². The van der Waals surface area contributed by atoms with E-state index in [9.17, 15) is 4.79 Å². The number of hydrogen-bond acceptors (Lipinski definition) is 3. The minimum absolute atomic E-state index is 0.130. The van der Waals surface area contributed by atoms with Gasteiger partial charge in [0.15, 0.2) is 11.9 Å². The third-order valence-corrected chi connectivity index (χ3v) is 4.75. The molecule has 0 aliphatic carbocycles. The molecule has 0 amide bonds. The topological polar surface area (TPSA) is 26.3 Å². The van der Waals surface area contributed by atoms with Crippen LogP contribution < -0.4 is 4.74 Å². The van der Waals surface area contributed by atoms with Crippen LogP contribution in [0.3, 0.4) is 0 Å². The van der Waals surface area contributed by atoms with E-state index < -0.39 is 0 Å². The van der Waals surface area contributed by atoms with Gasteiger partial charge in [0, 0.05) is 21.5 Å². The number of halogens is 1. The van der Waals surface area contributed by atoms with Gasteiger partial charge >= 0.3 is 0 Å². The Balaban J connectivity index is 1.70. The van der Waals surface area contributed by atoms with Gasteiger partial charge in [0.2, 0.25) is 0 Å². The van der Waals surface area contributed by atoms with Crippen molar-refractivity contribution < 1.29 is 9.53 Å². The number of fused-ring (bicyclic) bond motifs is 1. The van der Waals surface area contributed by atoms with Crippen molar-refractivity contribution in [3.05, 3.63) is 58.6 Å². The number of rotatable bonds is 3. The lowest BCUT2D eigenvalue weighted by Crippen LogP contribution is -2.33. The van der Waals surface area contributed by atoms with E-state index in [1.54, 1.807) is 11.8 Å². The third-order valence-electron chi connectivity index (χ3n) is 3.14. The molecule has 0 saturated heterocycles. The highest BCUT2D eigenvalue weighted by atomic mass is 79.9. The standard InChI is InChI=1S/C16H13BrO2S/c17-12-5-3-4-11(8-12)9-13(18)15-10-20-16-7-2-1-6-14(16)19-15/h1-8,15H,9-10H2. The lowest BCUT2D eigenvalue weighted by molar-refractivity contribution is -0.124. The zero-order chi connectivity index (χ0) is 13.9. The lowest BCUT2D eigenvalue weighted by atomic mass is 10.1. The lowest BCUT2D eigenvalue weighted by Gasteiger charge is -2.24. The molecule has 0 N–H and O–H groups in total. The molecule has 4 heteroatoms. The van der Waals surface area contributed by atoms with Crippen molar-refractivity contribution in [2.45, 2.75) is 17.4 Å². The number of carbonyl (C=O) groups is 1. The molecule has 0 radical (unpaired) electrons. The average Bonchev–Trinajstić information content (AvgIpc) is 2.47. The molecule has 20 heavy (non-hydrogen) atoms. The Morgan fingerprint density at radius 3 is 2.95 bits per heavy atom. The van der Waals surface area contributed by atoms with Crippen molar-refractivity contribution in [2.75, 3.05) is 5.75 Å². The van der Waals surface area contributed by atoms with Gasteiger partial charge in [-0.3, -0.25) is 4.79 Å². The van der Waals surface area contributed by atoms with Crippen LogP contribution in [0.1, 0.15) is 5.56 Å². The molecular weight excluding hydrogens is 336 g/mol. The second-order valence-corrected chi connectivity index (χ2v) is 6.61. The first kappa shape index (κ1) is 13.7.